The van der Waals surface area contributed by atoms with Gasteiger partial charge in [-0.05, 0) is 54.1 Å². The van der Waals surface area contributed by atoms with Crippen molar-refractivity contribution in [3.05, 3.63) is 84.4 Å². The highest BCUT2D eigenvalue weighted by Gasteiger charge is 2.11. The second-order valence-corrected chi connectivity index (χ2v) is 7.93. The van der Waals surface area contributed by atoms with Gasteiger partial charge in [0.25, 0.3) is 15.9 Å². The Morgan fingerprint density at radius 2 is 1.65 bits per heavy atom. The number of para-hydroxylation sites is 2. The highest BCUT2D eigenvalue weighted by molar-refractivity contribution is 7.89. The number of hydrogen-bond acceptors (Lipinski definition) is 6. The third kappa shape index (κ3) is 6.31. The zero-order chi connectivity index (χ0) is 22.1. The Balaban J connectivity index is 1.51. The largest absolute Gasteiger partial charge is 0.495 e. The smallest absolute Gasteiger partial charge is 0.276 e. The number of sulfonamides is 1. The number of rotatable bonds is 9. The molecular weight excluding hydrogens is 418 g/mol. The first-order valence-corrected chi connectivity index (χ1v) is 10.7. The van der Waals surface area contributed by atoms with Crippen molar-refractivity contribution in [3.63, 3.8) is 0 Å². The minimum atomic E-state index is -3.71. The van der Waals surface area contributed by atoms with Gasteiger partial charge >= 0.3 is 0 Å². The lowest BCUT2D eigenvalue weighted by molar-refractivity contribution is -0.118. The molecule has 3 aromatic rings. The molecule has 0 bridgehead atoms. The lowest BCUT2D eigenvalue weighted by Crippen LogP contribution is -2.20. The minimum absolute atomic E-state index is 0.127. The fourth-order valence-electron chi connectivity index (χ4n) is 2.56. The molecule has 0 unspecified atom stereocenters. The average molecular weight is 439 g/mol. The van der Waals surface area contributed by atoms with E-state index < -0.39 is 10.0 Å². The van der Waals surface area contributed by atoms with E-state index in [9.17, 15) is 13.2 Å². The zero-order valence-electron chi connectivity index (χ0n) is 16.7. The molecule has 0 heterocycles. The van der Waals surface area contributed by atoms with Gasteiger partial charge in [-0.15, -0.1) is 0 Å². The predicted molar refractivity (Wildman–Crippen MR) is 118 cm³/mol. The standard InChI is InChI=1S/C22H21N3O5S/c1-29-21-10-6-5-9-20(21)24-22(26)16-30-18-13-11-17(12-14-18)15-23-25-31(27,28)19-7-3-2-4-8-19/h2-15,25H,16H2,1H3,(H,24,26)/b23-15-. The van der Waals surface area contributed by atoms with Crippen molar-refractivity contribution in [2.24, 2.45) is 5.10 Å². The number of nitrogens with zero attached hydrogens (tertiary/aromatic N) is 1. The minimum Gasteiger partial charge on any atom is -0.495 e. The molecule has 9 heteroatoms. The molecular formula is C22H21N3O5S. The highest BCUT2D eigenvalue weighted by atomic mass is 32.2. The van der Waals surface area contributed by atoms with Gasteiger partial charge in [-0.2, -0.15) is 13.5 Å². The Labute approximate surface area is 180 Å². The number of anilines is 1. The molecule has 8 nitrogen and oxygen atoms in total. The van der Waals surface area contributed by atoms with Gasteiger partial charge in [0.2, 0.25) is 0 Å². The Morgan fingerprint density at radius 1 is 0.968 bits per heavy atom. The van der Waals surface area contributed by atoms with Crippen LogP contribution in [-0.2, 0) is 14.8 Å². The second kappa shape index (κ2) is 10.3. The molecule has 0 aliphatic carbocycles. The molecule has 0 spiro atoms. The first kappa shape index (κ1) is 21.8. The van der Waals surface area contributed by atoms with E-state index in [-0.39, 0.29) is 17.4 Å². The third-order valence-electron chi connectivity index (χ3n) is 4.07. The number of hydrazone groups is 1. The molecule has 0 aliphatic rings. The monoisotopic (exact) mass is 439 g/mol. The molecule has 31 heavy (non-hydrogen) atoms. The van der Waals surface area contributed by atoms with Gasteiger partial charge in [-0.25, -0.2) is 4.83 Å². The van der Waals surface area contributed by atoms with E-state index in [4.69, 9.17) is 9.47 Å². The summed E-state index contributed by atoms with van der Waals surface area (Å²) >= 11 is 0. The van der Waals surface area contributed by atoms with Gasteiger partial charge in [0, 0.05) is 0 Å². The van der Waals surface area contributed by atoms with Crippen molar-refractivity contribution in [3.8, 4) is 11.5 Å². The van der Waals surface area contributed by atoms with Gasteiger partial charge in [0.05, 0.1) is 23.9 Å². The predicted octanol–water partition coefficient (Wildman–Crippen LogP) is 3.03. The lowest BCUT2D eigenvalue weighted by Gasteiger charge is -2.10. The van der Waals surface area contributed by atoms with Crippen molar-refractivity contribution in [1.29, 1.82) is 0 Å². The first-order valence-electron chi connectivity index (χ1n) is 9.23. The maximum absolute atomic E-state index is 12.1. The number of ether oxygens (including phenoxy) is 2. The number of methoxy groups -OCH3 is 1. The SMILES string of the molecule is COc1ccccc1NC(=O)COc1ccc(/C=N\NS(=O)(=O)c2ccccc2)cc1. The van der Waals surface area contributed by atoms with Crippen LogP contribution in [0.4, 0.5) is 5.69 Å². The van der Waals surface area contributed by atoms with E-state index in [0.717, 1.165) is 0 Å². The third-order valence-corrected chi connectivity index (χ3v) is 5.31. The average Bonchev–Trinajstić information content (AvgIpc) is 2.79. The van der Waals surface area contributed by atoms with E-state index in [2.05, 4.69) is 15.2 Å². The number of benzene rings is 3. The van der Waals surface area contributed by atoms with Crippen molar-refractivity contribution in [2.45, 2.75) is 4.90 Å². The van der Waals surface area contributed by atoms with Crippen molar-refractivity contribution >= 4 is 27.8 Å². The van der Waals surface area contributed by atoms with Crippen molar-refractivity contribution < 1.29 is 22.7 Å². The fraction of sp³-hybridized carbons (Fsp3) is 0.0909. The molecule has 1 amide bonds. The van der Waals surface area contributed by atoms with E-state index in [0.29, 0.717) is 22.7 Å². The topological polar surface area (TPSA) is 106 Å². The molecule has 0 saturated heterocycles. The van der Waals surface area contributed by atoms with Gasteiger partial charge < -0.3 is 14.8 Å². The Morgan fingerprint density at radius 3 is 2.35 bits per heavy atom. The van der Waals surface area contributed by atoms with E-state index >= 15 is 0 Å². The van der Waals surface area contributed by atoms with Crippen LogP contribution in [0.3, 0.4) is 0 Å². The Bertz CT molecular complexity index is 1150. The summed E-state index contributed by atoms with van der Waals surface area (Å²) in [4.78, 5) is 14.4. The van der Waals surface area contributed by atoms with Crippen molar-refractivity contribution in [1.82, 2.24) is 4.83 Å². The molecule has 160 valence electrons. The lowest BCUT2D eigenvalue weighted by atomic mass is 10.2. The summed E-state index contributed by atoms with van der Waals surface area (Å²) in [6, 6.07) is 21.7. The van der Waals surface area contributed by atoms with Crippen LogP contribution in [0.2, 0.25) is 0 Å². The fourth-order valence-corrected chi connectivity index (χ4v) is 3.37. The van der Waals surface area contributed by atoms with Gasteiger partial charge in [-0.3, -0.25) is 4.79 Å². The number of carbonyl (C=O) groups is 1. The molecule has 3 aromatic carbocycles. The summed E-state index contributed by atoms with van der Waals surface area (Å²) in [7, 11) is -2.19. The number of nitrogens with one attached hydrogen (secondary N) is 2. The van der Waals surface area contributed by atoms with Crippen LogP contribution in [0.25, 0.3) is 0 Å². The summed E-state index contributed by atoms with van der Waals surface area (Å²) in [5.74, 6) is 0.713. The Kier molecular flexibility index (Phi) is 7.23. The molecule has 2 N–H and O–H groups in total. The molecule has 0 aromatic heterocycles. The van der Waals surface area contributed by atoms with Gasteiger partial charge in [-0.1, -0.05) is 30.3 Å². The van der Waals surface area contributed by atoms with Crippen LogP contribution in [0.5, 0.6) is 11.5 Å². The maximum Gasteiger partial charge on any atom is 0.276 e. The molecule has 0 aliphatic heterocycles. The van der Waals surface area contributed by atoms with Crippen molar-refractivity contribution in [2.75, 3.05) is 19.0 Å². The summed E-state index contributed by atoms with van der Waals surface area (Å²) in [6.07, 6.45) is 1.37. The van der Waals surface area contributed by atoms with E-state index in [1.807, 2.05) is 6.07 Å². The van der Waals surface area contributed by atoms with Crippen LogP contribution in [-0.4, -0.2) is 34.3 Å². The second-order valence-electron chi connectivity index (χ2n) is 6.27. The quantitative estimate of drug-likeness (QED) is 0.394. The van der Waals surface area contributed by atoms with Crippen LogP contribution in [0.1, 0.15) is 5.56 Å². The number of carbonyl (C=O) groups excluding carboxylic acids is 1. The summed E-state index contributed by atoms with van der Waals surface area (Å²) in [5, 5.41) is 6.50. The molecule has 0 radical (unpaired) electrons. The van der Waals surface area contributed by atoms with Crippen LogP contribution < -0.4 is 19.6 Å². The normalized spacial score (nSPS) is 11.1. The Hall–Kier alpha value is -3.85. The summed E-state index contributed by atoms with van der Waals surface area (Å²) < 4.78 is 34.9. The first-order chi connectivity index (χ1) is 15.0. The molecule has 3 rings (SSSR count). The van der Waals surface area contributed by atoms with Gasteiger partial charge in [0.15, 0.2) is 6.61 Å². The number of hydrogen-bond donors (Lipinski definition) is 2. The molecule has 0 atom stereocenters. The van der Waals surface area contributed by atoms with Crippen LogP contribution in [0.15, 0.2) is 88.9 Å². The van der Waals surface area contributed by atoms with E-state index in [1.54, 1.807) is 60.7 Å². The van der Waals surface area contributed by atoms with Crippen LogP contribution in [0, 0.1) is 0 Å². The zero-order valence-corrected chi connectivity index (χ0v) is 17.5. The summed E-state index contributed by atoms with van der Waals surface area (Å²) in [6.45, 7) is -0.178. The number of amides is 1. The van der Waals surface area contributed by atoms with Crippen LogP contribution >= 0.6 is 0 Å². The van der Waals surface area contributed by atoms with Gasteiger partial charge in [0.1, 0.15) is 11.5 Å². The molecule has 0 saturated carbocycles. The maximum atomic E-state index is 12.1. The van der Waals surface area contributed by atoms with E-state index in [1.165, 1.54) is 25.5 Å². The highest BCUT2D eigenvalue weighted by Crippen LogP contribution is 2.22. The summed E-state index contributed by atoms with van der Waals surface area (Å²) in [5.41, 5.74) is 1.21. The molecule has 0 fully saturated rings.